The van der Waals surface area contributed by atoms with Crippen molar-refractivity contribution in [1.82, 2.24) is 14.9 Å². The number of imidazole rings is 1. The van der Waals surface area contributed by atoms with E-state index in [2.05, 4.69) is 10.3 Å². The van der Waals surface area contributed by atoms with Crippen LogP contribution in [-0.4, -0.2) is 45.3 Å². The zero-order valence-electron chi connectivity index (χ0n) is 15.7. The summed E-state index contributed by atoms with van der Waals surface area (Å²) >= 11 is 0. The zero-order valence-corrected chi connectivity index (χ0v) is 15.7. The van der Waals surface area contributed by atoms with Crippen molar-refractivity contribution in [3.63, 3.8) is 0 Å². The predicted molar refractivity (Wildman–Crippen MR) is 104 cm³/mol. The lowest BCUT2D eigenvalue weighted by Crippen LogP contribution is -2.55. The molecule has 8 heteroatoms. The number of benzene rings is 2. The van der Waals surface area contributed by atoms with E-state index in [1.807, 2.05) is 54.6 Å². The molecule has 2 N–H and O–H groups in total. The molecule has 0 bridgehead atoms. The number of aliphatic carboxylic acids is 1. The summed E-state index contributed by atoms with van der Waals surface area (Å²) in [5.41, 5.74) is 0.138. The number of nitrogens with zero attached hydrogens (tertiary/aromatic N) is 2. The molecule has 4 rings (SSSR count). The lowest BCUT2D eigenvalue weighted by atomic mass is 9.99. The molecule has 1 aliphatic heterocycles. The van der Waals surface area contributed by atoms with E-state index in [1.165, 1.54) is 0 Å². The Balaban J connectivity index is 1.57. The van der Waals surface area contributed by atoms with Crippen molar-refractivity contribution >= 4 is 22.9 Å². The third kappa shape index (κ3) is 3.93. The molecule has 1 saturated heterocycles. The minimum atomic E-state index is -1.38. The highest BCUT2D eigenvalue weighted by Gasteiger charge is 2.44. The summed E-state index contributed by atoms with van der Waals surface area (Å²) in [5.74, 6) is -0.228. The van der Waals surface area contributed by atoms with E-state index < -0.39 is 17.4 Å². The fraction of sp³-hybridized carbons (Fsp3) is 0.286. The van der Waals surface area contributed by atoms with Crippen LogP contribution in [0.25, 0.3) is 11.0 Å². The molecule has 29 heavy (non-hydrogen) atoms. The van der Waals surface area contributed by atoms with E-state index in [0.717, 1.165) is 11.0 Å². The maximum absolute atomic E-state index is 12.7. The first kappa shape index (κ1) is 18.9. The number of carbonyl (C=O) groups is 2. The molecule has 1 unspecified atom stereocenters. The topological polar surface area (TPSA) is 103 Å². The maximum atomic E-state index is 12.7. The van der Waals surface area contributed by atoms with Gasteiger partial charge < -0.3 is 24.5 Å². The molecule has 2 aromatic carbocycles. The number of carbonyl (C=O) groups excluding carboxylic acids is 1. The van der Waals surface area contributed by atoms with Gasteiger partial charge in [0.25, 0.3) is 0 Å². The minimum Gasteiger partial charge on any atom is -0.486 e. The van der Waals surface area contributed by atoms with Crippen LogP contribution in [0.1, 0.15) is 12.2 Å². The summed E-state index contributed by atoms with van der Waals surface area (Å²) in [6.07, 6.45) is 0.239. The first-order chi connectivity index (χ1) is 14.1. The second kappa shape index (κ2) is 7.92. The standard InChI is InChI=1S/C21H21N3O5/c25-19(23-21(20(26)27)10-11-28-14-21)12-24-17-9-5-4-8-16(17)22-18(24)13-29-15-6-2-1-3-7-15/h1-9H,10-14H2,(H,23,25)(H,26,27). The quantitative estimate of drug-likeness (QED) is 0.634. The van der Waals surface area contributed by atoms with Crippen LogP contribution < -0.4 is 10.1 Å². The largest absolute Gasteiger partial charge is 0.486 e. The van der Waals surface area contributed by atoms with Crippen LogP contribution in [-0.2, 0) is 27.5 Å². The Bertz CT molecular complexity index is 1030. The second-order valence-corrected chi connectivity index (χ2v) is 6.94. The van der Waals surface area contributed by atoms with E-state index in [9.17, 15) is 14.7 Å². The number of ether oxygens (including phenoxy) is 2. The van der Waals surface area contributed by atoms with Crippen LogP contribution in [0.3, 0.4) is 0 Å². The van der Waals surface area contributed by atoms with Gasteiger partial charge in [-0.2, -0.15) is 0 Å². The summed E-state index contributed by atoms with van der Waals surface area (Å²) in [6.45, 7) is 0.377. The van der Waals surface area contributed by atoms with Crippen LogP contribution in [0.4, 0.5) is 0 Å². The molecule has 0 saturated carbocycles. The van der Waals surface area contributed by atoms with Gasteiger partial charge in [0.15, 0.2) is 5.54 Å². The number of aromatic nitrogens is 2. The Morgan fingerprint density at radius 3 is 2.66 bits per heavy atom. The van der Waals surface area contributed by atoms with Crippen LogP contribution >= 0.6 is 0 Å². The van der Waals surface area contributed by atoms with Gasteiger partial charge in [-0.1, -0.05) is 30.3 Å². The maximum Gasteiger partial charge on any atom is 0.331 e. The van der Waals surface area contributed by atoms with Gasteiger partial charge in [-0.3, -0.25) is 4.79 Å². The zero-order chi connectivity index (χ0) is 20.3. The molecule has 8 nitrogen and oxygen atoms in total. The van der Waals surface area contributed by atoms with Gasteiger partial charge in [-0.05, 0) is 24.3 Å². The molecule has 1 aromatic heterocycles. The van der Waals surface area contributed by atoms with Gasteiger partial charge in [-0.25, -0.2) is 9.78 Å². The average Bonchev–Trinajstić information content (AvgIpc) is 3.33. The van der Waals surface area contributed by atoms with Gasteiger partial charge in [0.2, 0.25) is 5.91 Å². The van der Waals surface area contributed by atoms with Gasteiger partial charge in [0.05, 0.1) is 17.6 Å². The normalized spacial score (nSPS) is 18.6. The monoisotopic (exact) mass is 395 g/mol. The summed E-state index contributed by atoms with van der Waals surface area (Å²) < 4.78 is 12.8. The first-order valence-corrected chi connectivity index (χ1v) is 9.31. The molecular formula is C21H21N3O5. The highest BCUT2D eigenvalue weighted by molar-refractivity contribution is 5.88. The molecule has 0 radical (unpaired) electrons. The second-order valence-electron chi connectivity index (χ2n) is 6.94. The van der Waals surface area contributed by atoms with Crippen LogP contribution in [0.2, 0.25) is 0 Å². The number of carboxylic acids is 1. The highest BCUT2D eigenvalue weighted by Crippen LogP contribution is 2.21. The third-order valence-corrected chi connectivity index (χ3v) is 4.96. The van der Waals surface area contributed by atoms with Crippen molar-refractivity contribution in [3.05, 3.63) is 60.4 Å². The smallest absolute Gasteiger partial charge is 0.331 e. The Labute approximate surface area is 167 Å². The number of amides is 1. The van der Waals surface area contributed by atoms with Crippen molar-refractivity contribution < 1.29 is 24.2 Å². The molecule has 3 aromatic rings. The number of hydrogen-bond acceptors (Lipinski definition) is 5. The molecule has 0 spiro atoms. The number of nitrogens with one attached hydrogen (secondary N) is 1. The number of fused-ring (bicyclic) bond motifs is 1. The highest BCUT2D eigenvalue weighted by atomic mass is 16.5. The molecule has 1 atom stereocenters. The van der Waals surface area contributed by atoms with Gasteiger partial charge in [-0.15, -0.1) is 0 Å². The number of carboxylic acid groups (broad SMARTS) is 1. The van der Waals surface area contributed by atoms with E-state index in [-0.39, 0.29) is 26.2 Å². The summed E-state index contributed by atoms with van der Waals surface area (Å²) in [4.78, 5) is 29.0. The van der Waals surface area contributed by atoms with Crippen LogP contribution in [0, 0.1) is 0 Å². The van der Waals surface area contributed by atoms with Crippen molar-refractivity contribution in [3.8, 4) is 5.75 Å². The Morgan fingerprint density at radius 1 is 1.17 bits per heavy atom. The third-order valence-electron chi connectivity index (χ3n) is 4.96. The van der Waals surface area contributed by atoms with Crippen LogP contribution in [0.15, 0.2) is 54.6 Å². The molecule has 2 heterocycles. The van der Waals surface area contributed by atoms with E-state index in [0.29, 0.717) is 18.2 Å². The Kier molecular flexibility index (Phi) is 5.18. The van der Waals surface area contributed by atoms with Gasteiger partial charge in [0, 0.05) is 13.0 Å². The molecule has 0 aliphatic carbocycles. The van der Waals surface area contributed by atoms with E-state index in [4.69, 9.17) is 9.47 Å². The van der Waals surface area contributed by atoms with Crippen LogP contribution in [0.5, 0.6) is 5.75 Å². The van der Waals surface area contributed by atoms with E-state index >= 15 is 0 Å². The lowest BCUT2D eigenvalue weighted by Gasteiger charge is -2.24. The molecule has 1 fully saturated rings. The first-order valence-electron chi connectivity index (χ1n) is 9.31. The summed E-state index contributed by atoms with van der Waals surface area (Å²) in [7, 11) is 0. The Morgan fingerprint density at radius 2 is 1.93 bits per heavy atom. The van der Waals surface area contributed by atoms with Crippen molar-refractivity contribution in [2.24, 2.45) is 0 Å². The predicted octanol–water partition coefficient (Wildman–Crippen LogP) is 1.98. The fourth-order valence-electron chi connectivity index (χ4n) is 3.41. The van der Waals surface area contributed by atoms with E-state index in [1.54, 1.807) is 4.57 Å². The average molecular weight is 395 g/mol. The number of hydrogen-bond donors (Lipinski definition) is 2. The minimum absolute atomic E-state index is 0.0390. The molecule has 1 amide bonds. The van der Waals surface area contributed by atoms with Gasteiger partial charge in [0.1, 0.15) is 24.7 Å². The summed E-state index contributed by atoms with van der Waals surface area (Å²) in [6, 6.07) is 16.8. The van der Waals surface area contributed by atoms with Crippen molar-refractivity contribution in [1.29, 1.82) is 0 Å². The lowest BCUT2D eigenvalue weighted by molar-refractivity contribution is -0.147. The molecule has 150 valence electrons. The fourth-order valence-corrected chi connectivity index (χ4v) is 3.41. The van der Waals surface area contributed by atoms with Crippen molar-refractivity contribution in [2.45, 2.75) is 25.1 Å². The SMILES string of the molecule is O=C(Cn1c(COc2ccccc2)nc2ccccc21)NC1(C(=O)O)CCOC1. The Hall–Kier alpha value is -3.39. The molecule has 1 aliphatic rings. The van der Waals surface area contributed by atoms with Crippen molar-refractivity contribution in [2.75, 3.05) is 13.2 Å². The summed E-state index contributed by atoms with van der Waals surface area (Å²) in [5, 5.41) is 12.2. The number of para-hydroxylation sites is 3. The van der Waals surface area contributed by atoms with Gasteiger partial charge >= 0.3 is 5.97 Å². The molecular weight excluding hydrogens is 374 g/mol. The number of rotatable bonds is 7.